The molecule has 0 atom stereocenters. The first kappa shape index (κ1) is 10.7. The van der Waals surface area contributed by atoms with Crippen LogP contribution in [0.2, 0.25) is 0 Å². The predicted octanol–water partition coefficient (Wildman–Crippen LogP) is 4.11. The van der Waals surface area contributed by atoms with Crippen LogP contribution in [0.1, 0.15) is 53.9 Å². The van der Waals surface area contributed by atoms with E-state index in [4.69, 9.17) is 11.6 Å². The minimum absolute atomic E-state index is 0.323. The summed E-state index contributed by atoms with van der Waals surface area (Å²) in [6, 6.07) is 7.75. The molecule has 1 nitrogen and oxygen atoms in total. The molecule has 0 amide bonds. The van der Waals surface area contributed by atoms with E-state index in [2.05, 4.69) is 0 Å². The Morgan fingerprint density at radius 1 is 1.13 bits per heavy atom. The molecule has 0 radical (unpaired) electrons. The van der Waals surface area contributed by atoms with E-state index in [1.54, 1.807) is 0 Å². The van der Waals surface area contributed by atoms with Gasteiger partial charge in [-0.15, -0.1) is 0 Å². The van der Waals surface area contributed by atoms with Crippen molar-refractivity contribution in [1.29, 1.82) is 0 Å². The zero-order valence-corrected chi connectivity index (χ0v) is 9.46. The first-order valence-electron chi connectivity index (χ1n) is 5.58. The van der Waals surface area contributed by atoms with Crippen molar-refractivity contribution < 1.29 is 4.79 Å². The van der Waals surface area contributed by atoms with Crippen molar-refractivity contribution in [3.63, 3.8) is 0 Å². The second kappa shape index (κ2) is 4.80. The molecule has 1 fully saturated rings. The minimum Gasteiger partial charge on any atom is -0.276 e. The van der Waals surface area contributed by atoms with E-state index in [1.165, 1.54) is 32.1 Å². The summed E-state index contributed by atoms with van der Waals surface area (Å²) >= 11 is 5.59. The third kappa shape index (κ3) is 2.40. The van der Waals surface area contributed by atoms with Gasteiger partial charge >= 0.3 is 0 Å². The Balaban J connectivity index is 2.29. The van der Waals surface area contributed by atoms with Crippen LogP contribution in [0.15, 0.2) is 24.3 Å². The molecule has 2 heteroatoms. The Kier molecular flexibility index (Phi) is 3.42. The second-order valence-corrected chi connectivity index (χ2v) is 4.54. The second-order valence-electron chi connectivity index (χ2n) is 4.20. The molecule has 2 rings (SSSR count). The molecule has 0 bridgehead atoms. The molecule has 0 unspecified atom stereocenters. The molecule has 1 saturated carbocycles. The highest BCUT2D eigenvalue weighted by Crippen LogP contribution is 2.34. The maximum atomic E-state index is 11.3. The summed E-state index contributed by atoms with van der Waals surface area (Å²) in [7, 11) is 0. The summed E-state index contributed by atoms with van der Waals surface area (Å²) in [5, 5.41) is -0.323. The molecular formula is C13H15ClO. The van der Waals surface area contributed by atoms with Crippen LogP contribution in [0, 0.1) is 0 Å². The van der Waals surface area contributed by atoms with Crippen LogP contribution < -0.4 is 0 Å². The molecular weight excluding hydrogens is 208 g/mol. The maximum Gasteiger partial charge on any atom is 0.252 e. The van der Waals surface area contributed by atoms with Crippen molar-refractivity contribution in [2.45, 2.75) is 38.0 Å². The van der Waals surface area contributed by atoms with Crippen molar-refractivity contribution in [3.05, 3.63) is 35.4 Å². The molecule has 0 heterocycles. The van der Waals surface area contributed by atoms with Crippen molar-refractivity contribution in [2.75, 3.05) is 0 Å². The molecule has 0 saturated heterocycles. The lowest BCUT2D eigenvalue weighted by atomic mass is 9.82. The number of hydrogen-bond donors (Lipinski definition) is 0. The lowest BCUT2D eigenvalue weighted by Gasteiger charge is -2.23. The summed E-state index contributed by atoms with van der Waals surface area (Å²) in [6.45, 7) is 0. The third-order valence-corrected chi connectivity index (χ3v) is 3.42. The van der Waals surface area contributed by atoms with E-state index >= 15 is 0 Å². The van der Waals surface area contributed by atoms with E-state index in [0.29, 0.717) is 11.5 Å². The minimum atomic E-state index is -0.323. The molecule has 1 aromatic rings. The standard InChI is InChI=1S/C13H15ClO/c14-13(15)12-9-5-4-8-11(12)10-6-2-1-3-7-10/h4-5,8-10H,1-3,6-7H2. The highest BCUT2D eigenvalue weighted by atomic mass is 35.5. The Morgan fingerprint density at radius 3 is 2.47 bits per heavy atom. The van der Waals surface area contributed by atoms with E-state index in [9.17, 15) is 4.79 Å². The van der Waals surface area contributed by atoms with E-state index in [0.717, 1.165) is 5.56 Å². The highest BCUT2D eigenvalue weighted by molar-refractivity contribution is 6.67. The van der Waals surface area contributed by atoms with Crippen molar-refractivity contribution in [3.8, 4) is 0 Å². The number of halogens is 1. The number of rotatable bonds is 2. The maximum absolute atomic E-state index is 11.3. The van der Waals surface area contributed by atoms with Crippen LogP contribution in [0.5, 0.6) is 0 Å². The van der Waals surface area contributed by atoms with Crippen LogP contribution in [0.25, 0.3) is 0 Å². The quantitative estimate of drug-likeness (QED) is 0.689. The summed E-state index contributed by atoms with van der Waals surface area (Å²) in [5.41, 5.74) is 1.85. The average Bonchev–Trinajstić information content (AvgIpc) is 2.30. The largest absolute Gasteiger partial charge is 0.276 e. The first-order chi connectivity index (χ1) is 7.29. The number of hydrogen-bond acceptors (Lipinski definition) is 1. The SMILES string of the molecule is O=C(Cl)c1ccccc1C1CCCCC1. The van der Waals surface area contributed by atoms with Gasteiger partial charge in [-0.05, 0) is 42.0 Å². The zero-order chi connectivity index (χ0) is 10.7. The lowest BCUT2D eigenvalue weighted by Crippen LogP contribution is -2.08. The van der Waals surface area contributed by atoms with Crippen molar-refractivity contribution >= 4 is 16.8 Å². The third-order valence-electron chi connectivity index (χ3n) is 3.22. The monoisotopic (exact) mass is 222 g/mol. The molecule has 0 aliphatic heterocycles. The van der Waals surface area contributed by atoms with Gasteiger partial charge in [-0.3, -0.25) is 4.79 Å². The predicted molar refractivity (Wildman–Crippen MR) is 62.5 cm³/mol. The van der Waals surface area contributed by atoms with Gasteiger partial charge in [-0.25, -0.2) is 0 Å². The molecule has 80 valence electrons. The average molecular weight is 223 g/mol. The molecule has 0 aromatic heterocycles. The summed E-state index contributed by atoms with van der Waals surface area (Å²) < 4.78 is 0. The first-order valence-corrected chi connectivity index (χ1v) is 5.95. The molecule has 0 spiro atoms. The molecule has 1 aromatic carbocycles. The van der Waals surface area contributed by atoms with E-state index < -0.39 is 0 Å². The number of benzene rings is 1. The smallest absolute Gasteiger partial charge is 0.252 e. The fourth-order valence-electron chi connectivity index (χ4n) is 2.45. The Hall–Kier alpha value is -0.820. The van der Waals surface area contributed by atoms with E-state index in [-0.39, 0.29) is 5.24 Å². The zero-order valence-electron chi connectivity index (χ0n) is 8.71. The lowest BCUT2D eigenvalue weighted by molar-refractivity contribution is 0.108. The molecule has 1 aliphatic carbocycles. The summed E-state index contributed by atoms with van der Waals surface area (Å²) in [4.78, 5) is 11.3. The Bertz CT molecular complexity index is 353. The van der Waals surface area contributed by atoms with Gasteiger partial charge in [0.05, 0.1) is 0 Å². The van der Waals surface area contributed by atoms with Gasteiger partial charge in [0.1, 0.15) is 0 Å². The van der Waals surface area contributed by atoms with Gasteiger partial charge in [-0.1, -0.05) is 37.5 Å². The van der Waals surface area contributed by atoms with Crippen molar-refractivity contribution in [1.82, 2.24) is 0 Å². The van der Waals surface area contributed by atoms with Crippen LogP contribution in [0.4, 0.5) is 0 Å². The van der Waals surface area contributed by atoms with E-state index in [1.807, 2.05) is 24.3 Å². The van der Waals surface area contributed by atoms with Crippen molar-refractivity contribution in [2.24, 2.45) is 0 Å². The summed E-state index contributed by atoms with van der Waals surface area (Å²) in [5.74, 6) is 0.539. The van der Waals surface area contributed by atoms with Crippen LogP contribution in [-0.2, 0) is 0 Å². The normalized spacial score (nSPS) is 17.7. The van der Waals surface area contributed by atoms with Crippen LogP contribution >= 0.6 is 11.6 Å². The fraction of sp³-hybridized carbons (Fsp3) is 0.462. The highest BCUT2D eigenvalue weighted by Gasteiger charge is 2.19. The van der Waals surface area contributed by atoms with Gasteiger partial charge in [0.15, 0.2) is 0 Å². The Morgan fingerprint density at radius 2 is 1.80 bits per heavy atom. The van der Waals surface area contributed by atoms with Gasteiger partial charge in [-0.2, -0.15) is 0 Å². The topological polar surface area (TPSA) is 17.1 Å². The molecule has 15 heavy (non-hydrogen) atoms. The fourth-order valence-corrected chi connectivity index (χ4v) is 2.62. The van der Waals surface area contributed by atoms with Gasteiger partial charge in [0.25, 0.3) is 5.24 Å². The molecule has 0 N–H and O–H groups in total. The number of carbonyl (C=O) groups excluding carboxylic acids is 1. The van der Waals surface area contributed by atoms with Crippen LogP contribution in [-0.4, -0.2) is 5.24 Å². The number of carbonyl (C=O) groups is 1. The summed E-state index contributed by atoms with van der Waals surface area (Å²) in [6.07, 6.45) is 6.26. The molecule has 1 aliphatic rings. The van der Waals surface area contributed by atoms with Gasteiger partial charge in [0.2, 0.25) is 0 Å². The van der Waals surface area contributed by atoms with Crippen LogP contribution in [0.3, 0.4) is 0 Å². The Labute approximate surface area is 95.4 Å². The van der Waals surface area contributed by atoms with Gasteiger partial charge in [0, 0.05) is 5.56 Å². The van der Waals surface area contributed by atoms with Gasteiger partial charge < -0.3 is 0 Å².